The Balaban J connectivity index is 1.28. The maximum absolute atomic E-state index is 13.1. The van der Waals surface area contributed by atoms with E-state index in [2.05, 4.69) is 30.4 Å². The van der Waals surface area contributed by atoms with Crippen LogP contribution >= 0.6 is 0 Å². The Hall–Kier alpha value is -4.66. The Morgan fingerprint density at radius 3 is 2.46 bits per heavy atom. The number of carbonyl (C=O) groups excluding carboxylic acids is 1. The number of aromatic nitrogens is 9. The quantitative estimate of drug-likeness (QED) is 0.315. The predicted molar refractivity (Wildman–Crippen MR) is 147 cm³/mol. The summed E-state index contributed by atoms with van der Waals surface area (Å²) in [6.07, 6.45) is 12.3. The molecule has 0 saturated carbocycles. The number of aromatic amines is 1. The number of anilines is 1. The van der Waals surface area contributed by atoms with E-state index in [1.165, 1.54) is 10.8 Å². The number of nitrogen functional groups attached to an aromatic ring is 1. The van der Waals surface area contributed by atoms with Crippen molar-refractivity contribution in [2.75, 3.05) is 12.0 Å². The first-order valence-electron chi connectivity index (χ1n) is 13.2. The number of aryl methyl sites for hydroxylation is 1. The van der Waals surface area contributed by atoms with Crippen LogP contribution in [0.2, 0.25) is 0 Å². The van der Waals surface area contributed by atoms with Gasteiger partial charge in [-0.2, -0.15) is 14.7 Å². The molecule has 210 valence electrons. The second kappa shape index (κ2) is 9.19. The maximum Gasteiger partial charge on any atom is 0.292 e. The summed E-state index contributed by atoms with van der Waals surface area (Å²) in [6.45, 7) is 0. The van der Waals surface area contributed by atoms with Gasteiger partial charge in [-0.3, -0.25) is 14.5 Å². The summed E-state index contributed by atoms with van der Waals surface area (Å²) in [5, 5.41) is 16.2. The third-order valence-electron chi connectivity index (χ3n) is 8.08. The van der Waals surface area contributed by atoms with Crippen LogP contribution in [0.4, 0.5) is 5.82 Å². The number of H-pyrrole nitrogens is 1. The number of hydrogen-bond donors (Lipinski definition) is 2. The summed E-state index contributed by atoms with van der Waals surface area (Å²) in [7, 11) is -1.90. The largest absolute Gasteiger partial charge is 0.382 e. The molecular formula is C26H27N11O3S. The zero-order valence-corrected chi connectivity index (χ0v) is 23.2. The third kappa shape index (κ3) is 4.15. The van der Waals surface area contributed by atoms with E-state index in [1.807, 2.05) is 30.3 Å². The third-order valence-corrected chi connectivity index (χ3v) is 9.24. The van der Waals surface area contributed by atoms with E-state index in [4.69, 9.17) is 10.7 Å². The number of nitrogens with zero attached hydrogens (tertiary/aromatic N) is 9. The highest BCUT2D eigenvalue weighted by atomic mass is 32.2. The van der Waals surface area contributed by atoms with Crippen LogP contribution in [-0.4, -0.2) is 82.1 Å². The highest BCUT2D eigenvalue weighted by Crippen LogP contribution is 2.45. The molecule has 2 saturated heterocycles. The van der Waals surface area contributed by atoms with Crippen molar-refractivity contribution < 1.29 is 13.2 Å². The molecule has 3 atom stereocenters. The average molecular weight is 574 g/mol. The lowest BCUT2D eigenvalue weighted by molar-refractivity contribution is 0.0556. The molecule has 3 N–H and O–H groups in total. The van der Waals surface area contributed by atoms with Crippen molar-refractivity contribution in [2.24, 2.45) is 7.05 Å². The lowest BCUT2D eigenvalue weighted by Gasteiger charge is -2.38. The van der Waals surface area contributed by atoms with E-state index in [0.717, 1.165) is 35.9 Å². The smallest absolute Gasteiger partial charge is 0.292 e. The van der Waals surface area contributed by atoms with Crippen LogP contribution in [0.1, 0.15) is 47.9 Å². The first-order valence-corrected chi connectivity index (χ1v) is 15.1. The first-order chi connectivity index (χ1) is 19.7. The standard InChI is InChI=1S/C26H27N11O3S/c1-35-12-16(10-31-35)20-6-3-14(9-28-20)19-11-32-37-23(27)22(41(2,39)40)21(33-25(19)37)15-7-17-4-5-18(8-15)36(17)26(38)24-29-13-30-34-24/h3,6,9-13,15,17-18H,4-5,7-8,27H2,1-2H3,(H,29,30,34)/t15-,17-,18+. The first kappa shape index (κ1) is 25.3. The van der Waals surface area contributed by atoms with E-state index < -0.39 is 9.84 Å². The van der Waals surface area contributed by atoms with Crippen molar-refractivity contribution >= 4 is 27.2 Å². The fraction of sp³-hybridized carbons (Fsp3) is 0.346. The Kier molecular flexibility index (Phi) is 5.67. The second-order valence-corrected chi connectivity index (χ2v) is 12.7. The topological polar surface area (TPSA) is 183 Å². The van der Waals surface area contributed by atoms with Crippen molar-refractivity contribution in [3.63, 3.8) is 0 Å². The van der Waals surface area contributed by atoms with Crippen LogP contribution in [0.15, 0.2) is 48.1 Å². The van der Waals surface area contributed by atoms with Gasteiger partial charge in [0.15, 0.2) is 15.5 Å². The molecule has 5 aromatic heterocycles. The Morgan fingerprint density at radius 1 is 1.07 bits per heavy atom. The second-order valence-electron chi connectivity index (χ2n) is 10.7. The molecule has 2 aliphatic heterocycles. The van der Waals surface area contributed by atoms with Crippen molar-refractivity contribution in [2.45, 2.75) is 48.6 Å². The molecule has 0 spiro atoms. The van der Waals surface area contributed by atoms with Crippen molar-refractivity contribution in [1.29, 1.82) is 0 Å². The van der Waals surface area contributed by atoms with Gasteiger partial charge >= 0.3 is 0 Å². The van der Waals surface area contributed by atoms with Gasteiger partial charge in [-0.15, -0.1) is 10.2 Å². The van der Waals surface area contributed by atoms with Gasteiger partial charge in [-0.05, 0) is 31.7 Å². The van der Waals surface area contributed by atoms with Crippen LogP contribution in [0.5, 0.6) is 0 Å². The number of sulfone groups is 1. The molecular weight excluding hydrogens is 546 g/mol. The zero-order chi connectivity index (χ0) is 28.5. The van der Waals surface area contributed by atoms with E-state index in [0.29, 0.717) is 29.7 Å². The molecule has 7 heterocycles. The highest BCUT2D eigenvalue weighted by Gasteiger charge is 2.46. The number of hydrogen-bond acceptors (Lipinski definition) is 10. The van der Waals surface area contributed by atoms with Gasteiger partial charge in [0.25, 0.3) is 5.91 Å². The van der Waals surface area contributed by atoms with Gasteiger partial charge in [0, 0.05) is 60.4 Å². The molecule has 0 radical (unpaired) electrons. The van der Waals surface area contributed by atoms with Gasteiger partial charge in [-0.25, -0.2) is 13.4 Å². The average Bonchev–Trinajstić information content (AvgIpc) is 3.74. The summed E-state index contributed by atoms with van der Waals surface area (Å²) in [6, 6.07) is 3.67. The van der Waals surface area contributed by atoms with Crippen molar-refractivity contribution in [3.05, 3.63) is 54.8 Å². The lowest BCUT2D eigenvalue weighted by Crippen LogP contribution is -2.46. The van der Waals surface area contributed by atoms with Crippen LogP contribution in [0, 0.1) is 0 Å². The molecule has 7 rings (SSSR count). The van der Waals surface area contributed by atoms with E-state index in [9.17, 15) is 13.2 Å². The minimum absolute atomic E-state index is 0.0101. The minimum atomic E-state index is -3.75. The molecule has 2 fully saturated rings. The molecule has 14 nitrogen and oxygen atoms in total. The SMILES string of the molecule is Cn1cc(-c2ccc(-c3cnn4c(N)c(S(C)(=O)=O)c([C@@H]5C[C@H]6CC[C@@H](C5)N6C(=O)c5nnc[nH]5)nc34)cn2)cn1. The Bertz CT molecular complexity index is 1880. The highest BCUT2D eigenvalue weighted by molar-refractivity contribution is 7.91. The molecule has 0 aromatic carbocycles. The number of piperidine rings is 1. The molecule has 0 aliphatic carbocycles. The zero-order valence-electron chi connectivity index (χ0n) is 22.3. The summed E-state index contributed by atoms with van der Waals surface area (Å²) in [5.74, 6) is -0.184. The number of nitrogens with one attached hydrogen (secondary N) is 1. The summed E-state index contributed by atoms with van der Waals surface area (Å²) >= 11 is 0. The van der Waals surface area contributed by atoms with Gasteiger partial charge in [0.1, 0.15) is 17.0 Å². The summed E-state index contributed by atoms with van der Waals surface area (Å²) in [5.41, 5.74) is 10.5. The molecule has 41 heavy (non-hydrogen) atoms. The van der Waals surface area contributed by atoms with Crippen LogP contribution in [0.3, 0.4) is 0 Å². The van der Waals surface area contributed by atoms with Gasteiger partial charge in [0.2, 0.25) is 5.82 Å². The fourth-order valence-corrected chi connectivity index (χ4v) is 7.38. The van der Waals surface area contributed by atoms with Gasteiger partial charge < -0.3 is 15.6 Å². The number of carbonyl (C=O) groups is 1. The number of nitrogens with two attached hydrogens (primary N) is 1. The van der Waals surface area contributed by atoms with E-state index >= 15 is 0 Å². The van der Waals surface area contributed by atoms with Gasteiger partial charge in [-0.1, -0.05) is 6.07 Å². The normalized spacial score (nSPS) is 20.6. The molecule has 1 amide bonds. The number of pyridine rings is 1. The monoisotopic (exact) mass is 573 g/mol. The lowest BCUT2D eigenvalue weighted by atomic mass is 9.87. The number of fused-ring (bicyclic) bond motifs is 3. The van der Waals surface area contributed by atoms with Gasteiger partial charge in [0.05, 0.1) is 23.8 Å². The summed E-state index contributed by atoms with van der Waals surface area (Å²) < 4.78 is 29.2. The molecule has 5 aromatic rings. The molecule has 2 aliphatic rings. The van der Waals surface area contributed by atoms with Crippen molar-refractivity contribution in [1.82, 2.24) is 49.4 Å². The van der Waals surface area contributed by atoms with E-state index in [1.54, 1.807) is 23.3 Å². The fourth-order valence-electron chi connectivity index (χ4n) is 6.32. The van der Waals surface area contributed by atoms with Crippen LogP contribution in [-0.2, 0) is 16.9 Å². The number of rotatable bonds is 5. The Labute approximate surface area is 234 Å². The number of amides is 1. The minimum Gasteiger partial charge on any atom is -0.382 e. The summed E-state index contributed by atoms with van der Waals surface area (Å²) in [4.78, 5) is 27.3. The maximum atomic E-state index is 13.1. The van der Waals surface area contributed by atoms with E-state index in [-0.39, 0.29) is 40.4 Å². The van der Waals surface area contributed by atoms with Crippen LogP contribution in [0.25, 0.3) is 28.0 Å². The molecule has 15 heteroatoms. The predicted octanol–water partition coefficient (Wildman–Crippen LogP) is 1.85. The van der Waals surface area contributed by atoms with Crippen molar-refractivity contribution in [3.8, 4) is 22.4 Å². The molecule has 2 bridgehead atoms. The molecule has 0 unspecified atom stereocenters. The Morgan fingerprint density at radius 2 is 1.85 bits per heavy atom. The van der Waals surface area contributed by atoms with Crippen LogP contribution < -0.4 is 5.73 Å².